The van der Waals surface area contributed by atoms with Crippen molar-refractivity contribution in [2.75, 3.05) is 7.11 Å². The van der Waals surface area contributed by atoms with Gasteiger partial charge in [0.1, 0.15) is 11.4 Å². The van der Waals surface area contributed by atoms with E-state index in [-0.39, 0.29) is 17.5 Å². The molecule has 0 spiro atoms. The van der Waals surface area contributed by atoms with Gasteiger partial charge in [-0.1, -0.05) is 12.2 Å². The van der Waals surface area contributed by atoms with E-state index in [2.05, 4.69) is 27.1 Å². The van der Waals surface area contributed by atoms with Gasteiger partial charge in [0.25, 0.3) is 5.91 Å². The Morgan fingerprint density at radius 2 is 2.00 bits per heavy atom. The minimum atomic E-state index is -0.438. The van der Waals surface area contributed by atoms with Crippen LogP contribution in [-0.4, -0.2) is 29.1 Å². The fraction of sp³-hybridized carbons (Fsp3) is 0.278. The van der Waals surface area contributed by atoms with Crippen LogP contribution in [0.2, 0.25) is 0 Å². The van der Waals surface area contributed by atoms with Crippen molar-refractivity contribution in [3.05, 3.63) is 48.2 Å². The number of benzene rings is 1. The molecule has 2 aromatic rings. The quantitative estimate of drug-likeness (QED) is 0.587. The molecule has 25 heavy (non-hydrogen) atoms. The second kappa shape index (κ2) is 7.65. The maximum absolute atomic E-state index is 12.1. The number of methoxy groups -OCH3 is 1. The molecule has 2 amide bonds. The summed E-state index contributed by atoms with van der Waals surface area (Å²) in [6.07, 6.45) is 6.44. The number of amides is 2. The maximum Gasteiger partial charge on any atom is 0.287 e. The van der Waals surface area contributed by atoms with E-state index in [0.717, 1.165) is 24.2 Å². The van der Waals surface area contributed by atoms with Crippen molar-refractivity contribution in [1.29, 1.82) is 0 Å². The number of ether oxygens (including phenoxy) is 1. The Morgan fingerprint density at radius 3 is 2.68 bits per heavy atom. The summed E-state index contributed by atoms with van der Waals surface area (Å²) in [5.41, 5.74) is 6.67. The van der Waals surface area contributed by atoms with Crippen LogP contribution in [0, 0.1) is 5.92 Å². The highest BCUT2D eigenvalue weighted by Crippen LogP contribution is 2.21. The summed E-state index contributed by atoms with van der Waals surface area (Å²) in [4.78, 5) is 24.2. The van der Waals surface area contributed by atoms with Crippen LogP contribution < -0.4 is 15.6 Å². The van der Waals surface area contributed by atoms with Crippen molar-refractivity contribution in [3.63, 3.8) is 0 Å². The SMILES string of the molecule is COc1ccc(-c2cc(C(=O)NNC(=O)C3CC=CCC3)[nH]n2)cc1. The van der Waals surface area contributed by atoms with Gasteiger partial charge < -0.3 is 4.74 Å². The molecule has 1 atom stereocenters. The molecule has 1 aromatic carbocycles. The summed E-state index contributed by atoms with van der Waals surface area (Å²) in [5, 5.41) is 6.81. The Kier molecular flexibility index (Phi) is 5.13. The predicted octanol–water partition coefficient (Wildman–Crippen LogP) is 2.20. The fourth-order valence-electron chi connectivity index (χ4n) is 2.67. The van der Waals surface area contributed by atoms with Crippen molar-refractivity contribution in [2.45, 2.75) is 19.3 Å². The average Bonchev–Trinajstić information content (AvgIpc) is 3.17. The van der Waals surface area contributed by atoms with Gasteiger partial charge in [-0.2, -0.15) is 5.10 Å². The molecular weight excluding hydrogens is 320 g/mol. The van der Waals surface area contributed by atoms with Gasteiger partial charge in [0.05, 0.1) is 12.8 Å². The highest BCUT2D eigenvalue weighted by Gasteiger charge is 2.19. The molecule has 1 aliphatic carbocycles. The van der Waals surface area contributed by atoms with E-state index in [9.17, 15) is 9.59 Å². The predicted molar refractivity (Wildman–Crippen MR) is 92.7 cm³/mol. The first kappa shape index (κ1) is 16.8. The third kappa shape index (κ3) is 4.06. The molecule has 7 nitrogen and oxygen atoms in total. The minimum absolute atomic E-state index is 0.0954. The summed E-state index contributed by atoms with van der Waals surface area (Å²) >= 11 is 0. The number of nitrogens with one attached hydrogen (secondary N) is 3. The number of aromatic nitrogens is 2. The van der Waals surface area contributed by atoms with Crippen LogP contribution in [0.5, 0.6) is 5.75 Å². The highest BCUT2D eigenvalue weighted by atomic mass is 16.5. The molecule has 0 saturated carbocycles. The number of nitrogens with zero attached hydrogens (tertiary/aromatic N) is 1. The zero-order valence-corrected chi connectivity index (χ0v) is 13.9. The third-order valence-corrected chi connectivity index (χ3v) is 4.15. The Labute approximate surface area is 145 Å². The topological polar surface area (TPSA) is 96.1 Å². The molecule has 3 rings (SSSR count). The van der Waals surface area contributed by atoms with Gasteiger partial charge in [-0.25, -0.2) is 0 Å². The summed E-state index contributed by atoms with van der Waals surface area (Å²) in [6.45, 7) is 0. The molecule has 7 heteroatoms. The van der Waals surface area contributed by atoms with E-state index in [0.29, 0.717) is 12.1 Å². The second-order valence-electron chi connectivity index (χ2n) is 5.82. The second-order valence-corrected chi connectivity index (χ2v) is 5.82. The van der Waals surface area contributed by atoms with Gasteiger partial charge in [0.2, 0.25) is 5.91 Å². The first-order valence-electron chi connectivity index (χ1n) is 8.12. The highest BCUT2D eigenvalue weighted by molar-refractivity contribution is 5.94. The first-order valence-corrected chi connectivity index (χ1v) is 8.12. The van der Waals surface area contributed by atoms with Crippen LogP contribution in [0.4, 0.5) is 0 Å². The molecule has 0 fully saturated rings. The lowest BCUT2D eigenvalue weighted by Gasteiger charge is -2.17. The molecule has 1 heterocycles. The number of carbonyl (C=O) groups is 2. The van der Waals surface area contributed by atoms with Crippen molar-refractivity contribution >= 4 is 11.8 Å². The molecule has 0 aliphatic heterocycles. The van der Waals surface area contributed by atoms with Crippen molar-refractivity contribution in [2.24, 2.45) is 5.92 Å². The zero-order chi connectivity index (χ0) is 17.6. The molecule has 1 unspecified atom stereocenters. The van der Waals surface area contributed by atoms with Gasteiger partial charge in [0, 0.05) is 11.5 Å². The van der Waals surface area contributed by atoms with Crippen LogP contribution in [0.25, 0.3) is 11.3 Å². The maximum atomic E-state index is 12.1. The smallest absolute Gasteiger partial charge is 0.287 e. The zero-order valence-electron chi connectivity index (χ0n) is 13.9. The number of carbonyl (C=O) groups excluding carboxylic acids is 2. The van der Waals surface area contributed by atoms with E-state index in [1.54, 1.807) is 13.2 Å². The standard InChI is InChI=1S/C18H20N4O3/c1-25-14-9-7-12(8-10-14)15-11-16(20-19-15)18(24)22-21-17(23)13-5-3-2-4-6-13/h2-3,7-11,13H,4-6H2,1H3,(H,19,20)(H,21,23)(H,22,24). The number of hydrogen-bond donors (Lipinski definition) is 3. The van der Waals surface area contributed by atoms with E-state index >= 15 is 0 Å². The van der Waals surface area contributed by atoms with Gasteiger partial charge in [-0.15, -0.1) is 0 Å². The molecule has 1 aromatic heterocycles. The van der Waals surface area contributed by atoms with Crippen molar-refractivity contribution in [1.82, 2.24) is 21.0 Å². The van der Waals surface area contributed by atoms with E-state index in [1.165, 1.54) is 0 Å². The van der Waals surface area contributed by atoms with Crippen LogP contribution in [0.1, 0.15) is 29.8 Å². The number of allylic oxidation sites excluding steroid dienone is 2. The van der Waals surface area contributed by atoms with E-state index < -0.39 is 5.91 Å². The number of H-pyrrole nitrogens is 1. The number of aromatic amines is 1. The number of hydrazine groups is 1. The normalized spacial score (nSPS) is 16.3. The Hall–Kier alpha value is -3.09. The van der Waals surface area contributed by atoms with Crippen molar-refractivity contribution < 1.29 is 14.3 Å². The van der Waals surface area contributed by atoms with Gasteiger partial charge in [-0.05, 0) is 49.6 Å². The monoisotopic (exact) mass is 340 g/mol. The van der Waals surface area contributed by atoms with E-state index in [4.69, 9.17) is 4.74 Å². The molecule has 0 saturated heterocycles. The van der Waals surface area contributed by atoms with Crippen molar-refractivity contribution in [3.8, 4) is 17.0 Å². The van der Waals surface area contributed by atoms with Crippen LogP contribution >= 0.6 is 0 Å². The van der Waals surface area contributed by atoms with E-state index in [1.807, 2.05) is 30.3 Å². The summed E-state index contributed by atoms with van der Waals surface area (Å²) in [7, 11) is 1.60. The Morgan fingerprint density at radius 1 is 1.20 bits per heavy atom. The first-order chi connectivity index (χ1) is 12.2. The van der Waals surface area contributed by atoms with Crippen LogP contribution in [0.15, 0.2) is 42.5 Å². The molecule has 0 radical (unpaired) electrons. The van der Waals surface area contributed by atoms with Crippen LogP contribution in [-0.2, 0) is 4.79 Å². The third-order valence-electron chi connectivity index (χ3n) is 4.15. The lowest BCUT2D eigenvalue weighted by Crippen LogP contribution is -2.44. The van der Waals surface area contributed by atoms with Gasteiger partial charge >= 0.3 is 0 Å². The number of hydrogen-bond acceptors (Lipinski definition) is 4. The molecule has 0 bridgehead atoms. The largest absolute Gasteiger partial charge is 0.497 e. The minimum Gasteiger partial charge on any atom is -0.497 e. The molecular formula is C18H20N4O3. The lowest BCUT2D eigenvalue weighted by molar-refractivity contribution is -0.126. The van der Waals surface area contributed by atoms with Crippen LogP contribution in [0.3, 0.4) is 0 Å². The Bertz CT molecular complexity index is 780. The Balaban J connectivity index is 1.58. The lowest BCUT2D eigenvalue weighted by atomic mass is 9.94. The van der Waals surface area contributed by atoms with Gasteiger partial charge in [-0.3, -0.25) is 25.5 Å². The average molecular weight is 340 g/mol. The van der Waals surface area contributed by atoms with Gasteiger partial charge in [0.15, 0.2) is 0 Å². The number of rotatable bonds is 4. The molecule has 130 valence electrons. The molecule has 3 N–H and O–H groups in total. The fourth-order valence-corrected chi connectivity index (χ4v) is 2.67. The summed E-state index contributed by atoms with van der Waals surface area (Å²) < 4.78 is 5.12. The summed E-state index contributed by atoms with van der Waals surface area (Å²) in [6, 6.07) is 8.99. The molecule has 1 aliphatic rings. The summed E-state index contributed by atoms with van der Waals surface area (Å²) in [5.74, 6) is 0.0407.